The first-order valence-electron chi connectivity index (χ1n) is 4.12. The van der Waals surface area contributed by atoms with Crippen LogP contribution >= 0.6 is 39.5 Å². The zero-order valence-corrected chi connectivity index (χ0v) is 12.5. The van der Waals surface area contributed by atoms with E-state index in [4.69, 9.17) is 9.05 Å². The number of hydrogen-bond acceptors (Lipinski definition) is 3. The molecule has 0 fully saturated rings. The highest BCUT2D eigenvalue weighted by molar-refractivity contribution is 9.27. The van der Waals surface area contributed by atoms with Crippen LogP contribution in [0.2, 0.25) is 0 Å². The van der Waals surface area contributed by atoms with E-state index >= 15 is 0 Å². The van der Waals surface area contributed by atoms with Gasteiger partial charge in [0, 0.05) is 0 Å². The summed E-state index contributed by atoms with van der Waals surface area (Å²) in [5.74, 6) is 0. The van der Waals surface area contributed by atoms with Crippen molar-refractivity contribution in [2.45, 2.75) is 43.1 Å². The SMILES string of the molecule is CC(C)OP(=O)(OC(C)C)C(F)(Br)Br. The van der Waals surface area contributed by atoms with Crippen molar-refractivity contribution >= 4 is 39.5 Å². The summed E-state index contributed by atoms with van der Waals surface area (Å²) in [5.41, 5.74) is 0. The minimum Gasteiger partial charge on any atom is -0.302 e. The Kier molecular flexibility index (Phi) is 5.79. The lowest BCUT2D eigenvalue weighted by molar-refractivity contribution is 0.130. The minimum absolute atomic E-state index is 0.384. The Bertz CT molecular complexity index is 213. The average molecular weight is 356 g/mol. The van der Waals surface area contributed by atoms with Gasteiger partial charge in [-0.2, -0.15) is 0 Å². The van der Waals surface area contributed by atoms with Crippen LogP contribution in [0.1, 0.15) is 27.7 Å². The topological polar surface area (TPSA) is 35.5 Å². The maximum Gasteiger partial charge on any atom is 0.390 e. The third-order valence-corrected chi connectivity index (χ3v) is 5.64. The van der Waals surface area contributed by atoms with Gasteiger partial charge in [0.1, 0.15) is 0 Å². The molecule has 7 heteroatoms. The molecule has 0 radical (unpaired) electrons. The molecule has 0 bridgehead atoms. The van der Waals surface area contributed by atoms with Crippen LogP contribution in [0, 0.1) is 0 Å². The largest absolute Gasteiger partial charge is 0.390 e. The third kappa shape index (κ3) is 4.71. The van der Waals surface area contributed by atoms with Gasteiger partial charge >= 0.3 is 10.8 Å². The summed E-state index contributed by atoms with van der Waals surface area (Å²) in [7, 11) is -3.85. The van der Waals surface area contributed by atoms with E-state index in [1.807, 2.05) is 0 Å². The molecule has 0 unspecified atom stereocenters. The third-order valence-electron chi connectivity index (χ3n) is 1.01. The summed E-state index contributed by atoms with van der Waals surface area (Å²) >= 11 is 5.19. The molecule has 0 spiro atoms. The van der Waals surface area contributed by atoms with Crippen molar-refractivity contribution in [3.05, 3.63) is 0 Å². The standard InChI is InChI=1S/C7H14Br2FO3P/c1-5(2)12-14(11,7(8,9)10)13-6(3)4/h5-6H,1-4H3. The van der Waals surface area contributed by atoms with Crippen LogP contribution in [0.5, 0.6) is 0 Å². The van der Waals surface area contributed by atoms with Gasteiger partial charge in [0.2, 0.25) is 0 Å². The number of halogens is 3. The number of rotatable bonds is 5. The zero-order valence-electron chi connectivity index (χ0n) is 8.46. The van der Waals surface area contributed by atoms with Crippen LogP contribution in [-0.2, 0) is 13.6 Å². The van der Waals surface area contributed by atoms with Crippen LogP contribution in [0.15, 0.2) is 0 Å². The van der Waals surface area contributed by atoms with Gasteiger partial charge in [-0.25, -0.2) is 4.39 Å². The van der Waals surface area contributed by atoms with Crippen molar-refractivity contribution < 1.29 is 18.0 Å². The summed E-state index contributed by atoms with van der Waals surface area (Å²) in [4.78, 5) is 0. The van der Waals surface area contributed by atoms with Crippen molar-refractivity contribution in [3.8, 4) is 0 Å². The van der Waals surface area contributed by atoms with Crippen LogP contribution < -0.4 is 0 Å². The van der Waals surface area contributed by atoms with Crippen LogP contribution in [-0.4, -0.2) is 15.4 Å². The van der Waals surface area contributed by atoms with Crippen molar-refractivity contribution in [1.29, 1.82) is 0 Å². The van der Waals surface area contributed by atoms with Crippen LogP contribution in [0.4, 0.5) is 4.39 Å². The van der Waals surface area contributed by atoms with Gasteiger partial charge in [-0.1, -0.05) is 0 Å². The van der Waals surface area contributed by atoms with E-state index in [-0.39, 0.29) is 12.2 Å². The summed E-state index contributed by atoms with van der Waals surface area (Å²) < 4.78 is 33.0. The highest BCUT2D eigenvalue weighted by Crippen LogP contribution is 2.68. The second-order valence-corrected chi connectivity index (χ2v) is 9.78. The highest BCUT2D eigenvalue weighted by atomic mass is 79.9. The lowest BCUT2D eigenvalue weighted by Gasteiger charge is -2.27. The fraction of sp³-hybridized carbons (Fsp3) is 1.00. The average Bonchev–Trinajstić information content (AvgIpc) is 1.78. The van der Waals surface area contributed by atoms with E-state index in [0.29, 0.717) is 0 Å². The Morgan fingerprint density at radius 1 is 1.14 bits per heavy atom. The van der Waals surface area contributed by atoms with Gasteiger partial charge in [0.05, 0.1) is 12.2 Å². The van der Waals surface area contributed by atoms with Gasteiger partial charge in [-0.15, -0.1) is 0 Å². The smallest absolute Gasteiger partial charge is 0.302 e. The second kappa shape index (κ2) is 5.39. The molecule has 0 aromatic rings. The quantitative estimate of drug-likeness (QED) is 0.541. The molecule has 0 rings (SSSR count). The normalized spacial score (nSPS) is 14.1. The molecule has 0 aliphatic carbocycles. The van der Waals surface area contributed by atoms with E-state index < -0.39 is 10.8 Å². The Labute approximate surface area is 101 Å². The maximum absolute atomic E-state index is 13.5. The highest BCUT2D eigenvalue weighted by Gasteiger charge is 2.49. The monoisotopic (exact) mass is 354 g/mol. The van der Waals surface area contributed by atoms with Crippen molar-refractivity contribution in [2.75, 3.05) is 0 Å². The van der Waals surface area contributed by atoms with Gasteiger partial charge in [-0.05, 0) is 59.6 Å². The van der Waals surface area contributed by atoms with Gasteiger partial charge in [-0.3, -0.25) is 4.57 Å². The van der Waals surface area contributed by atoms with Crippen LogP contribution in [0.25, 0.3) is 0 Å². The number of alkyl halides is 3. The first kappa shape index (κ1) is 15.0. The lowest BCUT2D eigenvalue weighted by Crippen LogP contribution is -2.17. The molecule has 0 N–H and O–H groups in total. The minimum atomic E-state index is -3.85. The molecule has 0 aromatic heterocycles. The molecular formula is C7H14Br2FO3P. The van der Waals surface area contributed by atoms with Gasteiger partial charge in [0.25, 0.3) is 0 Å². The van der Waals surface area contributed by atoms with E-state index in [0.717, 1.165) is 0 Å². The molecule has 3 nitrogen and oxygen atoms in total. The molecule has 0 atom stereocenters. The predicted molar refractivity (Wildman–Crippen MR) is 61.7 cm³/mol. The van der Waals surface area contributed by atoms with E-state index in [9.17, 15) is 8.96 Å². The van der Waals surface area contributed by atoms with Crippen molar-refractivity contribution in [1.82, 2.24) is 0 Å². The summed E-state index contributed by atoms with van der Waals surface area (Å²) in [5, 5.41) is 0. The Balaban J connectivity index is 4.78. The second-order valence-electron chi connectivity index (χ2n) is 3.27. The zero-order chi connectivity index (χ0) is 11.6. The molecule has 0 heterocycles. The molecule has 0 saturated heterocycles. The molecule has 86 valence electrons. The Morgan fingerprint density at radius 3 is 1.57 bits per heavy atom. The fourth-order valence-electron chi connectivity index (χ4n) is 0.699. The first-order chi connectivity index (χ1) is 6.08. The molecule has 0 aliphatic rings. The lowest BCUT2D eigenvalue weighted by atomic mass is 10.5. The molecule has 14 heavy (non-hydrogen) atoms. The Morgan fingerprint density at radius 2 is 1.43 bits per heavy atom. The summed E-state index contributed by atoms with van der Waals surface area (Å²) in [6.45, 7) is 6.62. The van der Waals surface area contributed by atoms with E-state index in [1.54, 1.807) is 27.7 Å². The van der Waals surface area contributed by atoms with Crippen LogP contribution in [0.3, 0.4) is 0 Å². The fourth-order valence-corrected chi connectivity index (χ4v) is 3.10. The molecule has 0 amide bonds. The van der Waals surface area contributed by atoms with Crippen molar-refractivity contribution in [3.63, 3.8) is 0 Å². The predicted octanol–water partition coefficient (Wildman–Crippen LogP) is 4.40. The number of hydrogen-bond donors (Lipinski definition) is 0. The van der Waals surface area contributed by atoms with Crippen molar-refractivity contribution in [2.24, 2.45) is 0 Å². The van der Waals surface area contributed by atoms with Gasteiger partial charge in [0.15, 0.2) is 0 Å². The van der Waals surface area contributed by atoms with E-state index in [2.05, 4.69) is 31.9 Å². The summed E-state index contributed by atoms with van der Waals surface area (Å²) in [6.07, 6.45) is -0.769. The first-order valence-corrected chi connectivity index (χ1v) is 7.25. The maximum atomic E-state index is 13.5. The molecule has 0 aromatic carbocycles. The molecular weight excluding hydrogens is 342 g/mol. The molecule has 0 aliphatic heterocycles. The van der Waals surface area contributed by atoms with Gasteiger partial charge < -0.3 is 9.05 Å². The molecule has 0 saturated carbocycles. The van der Waals surface area contributed by atoms with E-state index in [1.165, 1.54) is 0 Å². The Hall–Kier alpha value is 1.04. The summed E-state index contributed by atoms with van der Waals surface area (Å²) in [6, 6.07) is 0.